The van der Waals surface area contributed by atoms with Gasteiger partial charge in [0.1, 0.15) is 11.5 Å². The van der Waals surface area contributed by atoms with Crippen molar-refractivity contribution in [3.8, 4) is 22.6 Å². The number of carbonyl (C=O) groups is 2. The maximum absolute atomic E-state index is 12.5. The van der Waals surface area contributed by atoms with Gasteiger partial charge in [-0.05, 0) is 42.3 Å². The second-order valence-corrected chi connectivity index (χ2v) is 6.55. The number of methoxy groups -OCH3 is 2. The van der Waals surface area contributed by atoms with Gasteiger partial charge in [0.05, 0.1) is 25.5 Å². The average Bonchev–Trinajstić information content (AvgIpc) is 2.79. The summed E-state index contributed by atoms with van der Waals surface area (Å²) < 4.78 is 15.7. The van der Waals surface area contributed by atoms with Gasteiger partial charge >= 0.3 is 5.97 Å². The largest absolute Gasteiger partial charge is 0.497 e. The first-order chi connectivity index (χ1) is 14.5. The van der Waals surface area contributed by atoms with E-state index in [9.17, 15) is 9.59 Å². The Morgan fingerprint density at radius 3 is 2.13 bits per heavy atom. The van der Waals surface area contributed by atoms with Crippen LogP contribution in [-0.4, -0.2) is 32.2 Å². The smallest absolute Gasteiger partial charge is 0.338 e. The summed E-state index contributed by atoms with van der Waals surface area (Å²) >= 11 is 0. The van der Waals surface area contributed by atoms with Gasteiger partial charge in [-0.1, -0.05) is 42.5 Å². The minimum atomic E-state index is -0.998. The summed E-state index contributed by atoms with van der Waals surface area (Å²) in [6.07, 6.45) is -0.998. The first-order valence-electron chi connectivity index (χ1n) is 9.41. The first-order valence-corrected chi connectivity index (χ1v) is 9.41. The van der Waals surface area contributed by atoms with E-state index in [0.29, 0.717) is 22.7 Å². The van der Waals surface area contributed by atoms with E-state index in [1.54, 1.807) is 30.3 Å². The molecule has 3 aromatic rings. The molecule has 0 radical (unpaired) electrons. The highest BCUT2D eigenvalue weighted by molar-refractivity contribution is 5.98. The molecule has 154 valence electrons. The number of anilines is 1. The molecule has 0 fully saturated rings. The fourth-order valence-electron chi connectivity index (χ4n) is 2.86. The van der Waals surface area contributed by atoms with Crippen LogP contribution in [0.15, 0.2) is 72.8 Å². The van der Waals surface area contributed by atoms with Crippen molar-refractivity contribution in [2.75, 3.05) is 19.5 Å². The molecule has 30 heavy (non-hydrogen) atoms. The number of amides is 1. The topological polar surface area (TPSA) is 73.9 Å². The molecule has 1 atom stereocenters. The Bertz CT molecular complexity index is 1020. The van der Waals surface area contributed by atoms with Crippen molar-refractivity contribution in [3.63, 3.8) is 0 Å². The fourth-order valence-corrected chi connectivity index (χ4v) is 2.86. The van der Waals surface area contributed by atoms with E-state index in [1.807, 2.05) is 42.5 Å². The number of nitrogens with one attached hydrogen (secondary N) is 1. The van der Waals surface area contributed by atoms with Gasteiger partial charge in [-0.3, -0.25) is 4.79 Å². The van der Waals surface area contributed by atoms with Crippen LogP contribution in [0, 0.1) is 0 Å². The van der Waals surface area contributed by atoms with Gasteiger partial charge in [0.15, 0.2) is 6.10 Å². The molecule has 3 rings (SSSR count). The molecule has 1 unspecified atom stereocenters. The summed E-state index contributed by atoms with van der Waals surface area (Å²) in [6.45, 7) is 1.51. The molecule has 1 N–H and O–H groups in total. The Labute approximate surface area is 175 Å². The quantitative estimate of drug-likeness (QED) is 0.584. The molecule has 0 aliphatic heterocycles. The van der Waals surface area contributed by atoms with Crippen LogP contribution in [0.3, 0.4) is 0 Å². The number of hydrogen-bond acceptors (Lipinski definition) is 5. The zero-order chi connectivity index (χ0) is 21.5. The van der Waals surface area contributed by atoms with Gasteiger partial charge in [0.25, 0.3) is 5.91 Å². The van der Waals surface area contributed by atoms with Crippen LogP contribution in [0.2, 0.25) is 0 Å². The number of rotatable bonds is 7. The third-order valence-electron chi connectivity index (χ3n) is 4.55. The standard InChI is InChI=1S/C24H23NO5/c1-16(23(26)25-21-15-20(28-2)13-14-22(21)29-3)30-24(27)19-11-9-18(10-12-19)17-7-5-4-6-8-17/h4-16H,1-3H3,(H,25,26). The van der Waals surface area contributed by atoms with Crippen LogP contribution in [-0.2, 0) is 9.53 Å². The summed E-state index contributed by atoms with van der Waals surface area (Å²) in [5.41, 5.74) is 2.84. The molecule has 0 aliphatic rings. The van der Waals surface area contributed by atoms with Crippen LogP contribution in [0.1, 0.15) is 17.3 Å². The van der Waals surface area contributed by atoms with Gasteiger partial charge in [0, 0.05) is 6.07 Å². The van der Waals surface area contributed by atoms with Crippen LogP contribution < -0.4 is 14.8 Å². The predicted octanol–water partition coefficient (Wildman–Crippen LogP) is 4.55. The van der Waals surface area contributed by atoms with Crippen molar-refractivity contribution < 1.29 is 23.8 Å². The van der Waals surface area contributed by atoms with Gasteiger partial charge in [0.2, 0.25) is 0 Å². The molecule has 0 bridgehead atoms. The third-order valence-corrected chi connectivity index (χ3v) is 4.55. The maximum Gasteiger partial charge on any atom is 0.338 e. The van der Waals surface area contributed by atoms with Crippen molar-refractivity contribution in [1.82, 2.24) is 0 Å². The minimum Gasteiger partial charge on any atom is -0.497 e. The minimum absolute atomic E-state index is 0.369. The van der Waals surface area contributed by atoms with E-state index < -0.39 is 18.0 Å². The lowest BCUT2D eigenvalue weighted by Crippen LogP contribution is -2.30. The Hall–Kier alpha value is -3.80. The van der Waals surface area contributed by atoms with Gasteiger partial charge < -0.3 is 19.5 Å². The lowest BCUT2D eigenvalue weighted by atomic mass is 10.0. The molecule has 0 saturated carbocycles. The predicted molar refractivity (Wildman–Crippen MR) is 115 cm³/mol. The number of esters is 1. The van der Waals surface area contributed by atoms with Crippen molar-refractivity contribution in [1.29, 1.82) is 0 Å². The first kappa shape index (κ1) is 20.9. The van der Waals surface area contributed by atoms with Crippen LogP contribution in [0.4, 0.5) is 5.69 Å². The summed E-state index contributed by atoms with van der Waals surface area (Å²) in [6, 6.07) is 21.9. The Balaban J connectivity index is 1.64. The second kappa shape index (κ2) is 9.60. The van der Waals surface area contributed by atoms with E-state index in [4.69, 9.17) is 14.2 Å². The average molecular weight is 405 g/mol. The zero-order valence-electron chi connectivity index (χ0n) is 17.0. The van der Waals surface area contributed by atoms with Gasteiger partial charge in [-0.25, -0.2) is 4.79 Å². The highest BCUT2D eigenvalue weighted by atomic mass is 16.5. The Morgan fingerprint density at radius 2 is 1.50 bits per heavy atom. The lowest BCUT2D eigenvalue weighted by Gasteiger charge is -2.16. The lowest BCUT2D eigenvalue weighted by molar-refractivity contribution is -0.123. The molecule has 0 spiro atoms. The second-order valence-electron chi connectivity index (χ2n) is 6.55. The summed E-state index contributed by atoms with van der Waals surface area (Å²) in [5, 5.41) is 2.70. The number of hydrogen-bond donors (Lipinski definition) is 1. The molecule has 1 amide bonds. The molecule has 3 aromatic carbocycles. The van der Waals surface area contributed by atoms with Crippen LogP contribution in [0.25, 0.3) is 11.1 Å². The Morgan fingerprint density at radius 1 is 0.833 bits per heavy atom. The SMILES string of the molecule is COc1ccc(OC)c(NC(=O)C(C)OC(=O)c2ccc(-c3ccccc3)cc2)c1. The van der Waals surface area contributed by atoms with E-state index >= 15 is 0 Å². The maximum atomic E-state index is 12.5. The number of benzene rings is 3. The molecule has 6 nitrogen and oxygen atoms in total. The molecule has 0 aromatic heterocycles. The van der Waals surface area contributed by atoms with Crippen LogP contribution in [0.5, 0.6) is 11.5 Å². The normalized spacial score (nSPS) is 11.3. The molecule has 6 heteroatoms. The van der Waals surface area contributed by atoms with Crippen molar-refractivity contribution >= 4 is 17.6 Å². The summed E-state index contributed by atoms with van der Waals surface area (Å²) in [7, 11) is 3.03. The number of carbonyl (C=O) groups excluding carboxylic acids is 2. The summed E-state index contributed by atoms with van der Waals surface area (Å²) in [5.74, 6) is -0.0147. The van der Waals surface area contributed by atoms with E-state index in [1.165, 1.54) is 21.1 Å². The van der Waals surface area contributed by atoms with E-state index in [2.05, 4.69) is 5.32 Å². The third kappa shape index (κ3) is 4.97. The highest BCUT2D eigenvalue weighted by Crippen LogP contribution is 2.29. The number of ether oxygens (including phenoxy) is 3. The highest BCUT2D eigenvalue weighted by Gasteiger charge is 2.20. The molecular weight excluding hydrogens is 382 g/mol. The molecule has 0 saturated heterocycles. The van der Waals surface area contributed by atoms with Gasteiger partial charge in [-0.15, -0.1) is 0 Å². The van der Waals surface area contributed by atoms with Crippen molar-refractivity contribution in [2.45, 2.75) is 13.0 Å². The fraction of sp³-hybridized carbons (Fsp3) is 0.167. The zero-order valence-corrected chi connectivity index (χ0v) is 17.0. The van der Waals surface area contributed by atoms with E-state index in [0.717, 1.165) is 11.1 Å². The monoisotopic (exact) mass is 405 g/mol. The van der Waals surface area contributed by atoms with Crippen LogP contribution >= 0.6 is 0 Å². The van der Waals surface area contributed by atoms with E-state index in [-0.39, 0.29) is 0 Å². The van der Waals surface area contributed by atoms with Crippen molar-refractivity contribution in [2.24, 2.45) is 0 Å². The Kier molecular flexibility index (Phi) is 6.70. The summed E-state index contributed by atoms with van der Waals surface area (Å²) in [4.78, 5) is 24.9. The molecule has 0 heterocycles. The van der Waals surface area contributed by atoms with Gasteiger partial charge in [-0.2, -0.15) is 0 Å². The molecule has 0 aliphatic carbocycles. The molecular formula is C24H23NO5. The van der Waals surface area contributed by atoms with Crippen molar-refractivity contribution in [3.05, 3.63) is 78.4 Å².